The first-order chi connectivity index (χ1) is 9.69. The van der Waals surface area contributed by atoms with Gasteiger partial charge >= 0.3 is 0 Å². The molecule has 4 unspecified atom stereocenters. The van der Waals surface area contributed by atoms with Gasteiger partial charge in [0.1, 0.15) is 5.75 Å². The maximum Gasteiger partial charge on any atom is 0.228 e. The molecule has 1 aromatic rings. The molecule has 1 amide bonds. The number of rotatable bonds is 3. The molecule has 0 heterocycles. The van der Waals surface area contributed by atoms with Gasteiger partial charge in [0, 0.05) is 12.0 Å². The minimum absolute atomic E-state index is 0. The molecule has 0 aliphatic heterocycles. The summed E-state index contributed by atoms with van der Waals surface area (Å²) in [6.45, 7) is 0. The smallest absolute Gasteiger partial charge is 0.228 e. The van der Waals surface area contributed by atoms with Crippen LogP contribution in [0.2, 0.25) is 0 Å². The number of methoxy groups -OCH3 is 1. The zero-order chi connectivity index (χ0) is 13.9. The summed E-state index contributed by atoms with van der Waals surface area (Å²) in [6.07, 6.45) is 4.02. The van der Waals surface area contributed by atoms with Gasteiger partial charge in [-0.15, -0.1) is 12.4 Å². The molecule has 3 fully saturated rings. The molecule has 5 heteroatoms. The lowest BCUT2D eigenvalue weighted by molar-refractivity contribution is -0.118. The lowest BCUT2D eigenvalue weighted by Gasteiger charge is -2.12. The molecule has 4 nitrogen and oxygen atoms in total. The molecule has 3 aliphatic rings. The van der Waals surface area contributed by atoms with E-state index in [-0.39, 0.29) is 24.2 Å². The van der Waals surface area contributed by atoms with Crippen molar-refractivity contribution in [2.75, 3.05) is 18.2 Å². The van der Waals surface area contributed by atoms with Crippen molar-refractivity contribution >= 4 is 29.7 Å². The lowest BCUT2D eigenvalue weighted by atomic mass is 10.0. The van der Waals surface area contributed by atoms with Crippen molar-refractivity contribution < 1.29 is 9.53 Å². The van der Waals surface area contributed by atoms with Crippen molar-refractivity contribution in [2.24, 2.45) is 29.6 Å². The summed E-state index contributed by atoms with van der Waals surface area (Å²) in [5.74, 6) is 4.02. The second-order valence-corrected chi connectivity index (χ2v) is 6.46. The number of benzene rings is 1. The van der Waals surface area contributed by atoms with Gasteiger partial charge in [0.2, 0.25) is 5.91 Å². The summed E-state index contributed by atoms with van der Waals surface area (Å²) in [7, 11) is 1.61. The Morgan fingerprint density at radius 3 is 2.57 bits per heavy atom. The fourth-order valence-corrected chi connectivity index (χ4v) is 4.66. The highest BCUT2D eigenvalue weighted by Gasteiger charge is 2.67. The van der Waals surface area contributed by atoms with Gasteiger partial charge in [-0.1, -0.05) is 0 Å². The molecule has 0 saturated heterocycles. The van der Waals surface area contributed by atoms with Crippen molar-refractivity contribution in [1.82, 2.24) is 0 Å². The summed E-state index contributed by atoms with van der Waals surface area (Å²) >= 11 is 0. The molecule has 114 valence electrons. The molecule has 3 saturated carbocycles. The van der Waals surface area contributed by atoms with E-state index >= 15 is 0 Å². The van der Waals surface area contributed by atoms with Crippen molar-refractivity contribution in [2.45, 2.75) is 19.3 Å². The maximum absolute atomic E-state index is 12.5. The minimum Gasteiger partial charge on any atom is -0.497 e. The molecule has 4 atom stereocenters. The number of nitrogens with one attached hydrogen (secondary N) is 1. The molecule has 21 heavy (non-hydrogen) atoms. The fourth-order valence-electron chi connectivity index (χ4n) is 4.66. The Morgan fingerprint density at radius 2 is 1.95 bits per heavy atom. The molecule has 3 N–H and O–H groups in total. The Bertz CT molecular complexity index is 561. The number of hydrogen-bond acceptors (Lipinski definition) is 3. The number of nitrogens with two attached hydrogens (primary N) is 1. The van der Waals surface area contributed by atoms with Gasteiger partial charge < -0.3 is 15.8 Å². The Kier molecular flexibility index (Phi) is 3.52. The summed E-state index contributed by atoms with van der Waals surface area (Å²) in [5.41, 5.74) is 7.19. The number of carbonyl (C=O) groups excluding carboxylic acids is 1. The van der Waals surface area contributed by atoms with E-state index in [1.807, 2.05) is 0 Å². The number of carbonyl (C=O) groups is 1. The molecule has 3 aliphatic carbocycles. The van der Waals surface area contributed by atoms with Crippen LogP contribution in [0.1, 0.15) is 19.3 Å². The van der Waals surface area contributed by atoms with E-state index in [1.165, 1.54) is 19.3 Å². The standard InChI is InChI=1S/C16H20N2O2.ClH/c1-20-10-4-5-11(17)12(7-10)18-16(19)15-13-8-2-3-9(6-8)14(13)15;/h4-5,7-9,13-15H,2-3,6,17H2,1H3,(H,18,19);1H. The van der Waals surface area contributed by atoms with E-state index in [9.17, 15) is 4.79 Å². The van der Waals surface area contributed by atoms with Crippen LogP contribution >= 0.6 is 12.4 Å². The first-order valence-electron chi connectivity index (χ1n) is 7.43. The van der Waals surface area contributed by atoms with Gasteiger partial charge in [-0.3, -0.25) is 4.79 Å². The van der Waals surface area contributed by atoms with Crippen LogP contribution in [0.25, 0.3) is 0 Å². The Labute approximate surface area is 130 Å². The maximum atomic E-state index is 12.5. The third-order valence-corrected chi connectivity index (χ3v) is 5.56. The highest BCUT2D eigenvalue weighted by molar-refractivity contribution is 5.97. The predicted molar refractivity (Wildman–Crippen MR) is 84.6 cm³/mol. The monoisotopic (exact) mass is 308 g/mol. The molecular formula is C16H21ClN2O2. The van der Waals surface area contributed by atoms with Gasteiger partial charge in [0.15, 0.2) is 0 Å². The number of halogens is 1. The van der Waals surface area contributed by atoms with Crippen LogP contribution in [0, 0.1) is 29.6 Å². The van der Waals surface area contributed by atoms with Crippen molar-refractivity contribution in [3.8, 4) is 5.75 Å². The summed E-state index contributed by atoms with van der Waals surface area (Å²) < 4.78 is 5.18. The largest absolute Gasteiger partial charge is 0.497 e. The van der Waals surface area contributed by atoms with Crippen LogP contribution in [0.4, 0.5) is 11.4 Å². The molecule has 0 spiro atoms. The van der Waals surface area contributed by atoms with Gasteiger partial charge in [-0.25, -0.2) is 0 Å². The van der Waals surface area contributed by atoms with Crippen LogP contribution in [-0.4, -0.2) is 13.0 Å². The number of fused-ring (bicyclic) bond motifs is 5. The number of anilines is 2. The van der Waals surface area contributed by atoms with Gasteiger partial charge in [-0.2, -0.15) is 0 Å². The highest BCUT2D eigenvalue weighted by Crippen LogP contribution is 2.69. The van der Waals surface area contributed by atoms with E-state index < -0.39 is 0 Å². The highest BCUT2D eigenvalue weighted by atomic mass is 35.5. The number of hydrogen-bond donors (Lipinski definition) is 2. The van der Waals surface area contributed by atoms with Crippen LogP contribution in [0.3, 0.4) is 0 Å². The van der Waals surface area contributed by atoms with Gasteiger partial charge in [-0.05, 0) is 55.1 Å². The first kappa shape index (κ1) is 14.5. The van der Waals surface area contributed by atoms with Gasteiger partial charge in [0.25, 0.3) is 0 Å². The van der Waals surface area contributed by atoms with E-state index in [1.54, 1.807) is 25.3 Å². The molecule has 0 aromatic heterocycles. The molecular weight excluding hydrogens is 288 g/mol. The Hall–Kier alpha value is -1.42. The second-order valence-electron chi connectivity index (χ2n) is 6.46. The zero-order valence-corrected chi connectivity index (χ0v) is 12.9. The van der Waals surface area contributed by atoms with Crippen molar-refractivity contribution in [1.29, 1.82) is 0 Å². The third-order valence-electron chi connectivity index (χ3n) is 5.56. The van der Waals surface area contributed by atoms with E-state index in [4.69, 9.17) is 10.5 Å². The minimum atomic E-state index is 0. The topological polar surface area (TPSA) is 64.3 Å². The SMILES string of the molecule is COc1ccc(N)c(NC(=O)C2C3C4CCC(C4)C23)c1.Cl. The molecule has 1 aromatic carbocycles. The summed E-state index contributed by atoms with van der Waals surface area (Å²) in [4.78, 5) is 12.5. The van der Waals surface area contributed by atoms with Crippen molar-refractivity contribution in [3.63, 3.8) is 0 Å². The van der Waals surface area contributed by atoms with E-state index in [2.05, 4.69) is 5.32 Å². The van der Waals surface area contributed by atoms with Crippen molar-refractivity contribution in [3.05, 3.63) is 18.2 Å². The molecule has 4 rings (SSSR count). The molecule has 0 radical (unpaired) electrons. The quantitative estimate of drug-likeness (QED) is 0.844. The third kappa shape index (κ3) is 2.16. The average molecular weight is 309 g/mol. The number of amides is 1. The van der Waals surface area contributed by atoms with E-state index in [0.717, 1.165) is 11.8 Å². The Morgan fingerprint density at radius 1 is 1.29 bits per heavy atom. The van der Waals surface area contributed by atoms with Gasteiger partial charge in [0.05, 0.1) is 18.5 Å². The lowest BCUT2D eigenvalue weighted by Crippen LogP contribution is -2.19. The first-order valence-corrected chi connectivity index (χ1v) is 7.43. The fraction of sp³-hybridized carbons (Fsp3) is 0.562. The second kappa shape index (κ2) is 5.09. The average Bonchev–Trinajstić information content (AvgIpc) is 2.90. The summed E-state index contributed by atoms with van der Waals surface area (Å²) in [5, 5.41) is 3.00. The van der Waals surface area contributed by atoms with Crippen LogP contribution in [-0.2, 0) is 4.79 Å². The Balaban J connectivity index is 0.00000132. The zero-order valence-electron chi connectivity index (χ0n) is 12.0. The molecule has 2 bridgehead atoms. The van der Waals surface area contributed by atoms with Crippen LogP contribution in [0.15, 0.2) is 18.2 Å². The normalized spacial score (nSPS) is 34.8. The number of nitrogen functional groups attached to an aromatic ring is 1. The summed E-state index contributed by atoms with van der Waals surface area (Å²) in [6, 6.07) is 5.36. The van der Waals surface area contributed by atoms with E-state index in [0.29, 0.717) is 29.0 Å². The van der Waals surface area contributed by atoms with Crippen LogP contribution in [0.5, 0.6) is 5.75 Å². The predicted octanol–water partition coefficient (Wildman–Crippen LogP) is 2.93. The number of ether oxygens (including phenoxy) is 1. The van der Waals surface area contributed by atoms with Crippen LogP contribution < -0.4 is 15.8 Å².